The molecule has 0 radical (unpaired) electrons. The number of carbonyl (C=O) groups excluding carboxylic acids is 1. The molecule has 5 nitrogen and oxygen atoms in total. The number of rotatable bonds is 3. The lowest BCUT2D eigenvalue weighted by molar-refractivity contribution is 0.0643. The van der Waals surface area contributed by atoms with Crippen LogP contribution in [0.3, 0.4) is 0 Å². The Hall–Kier alpha value is -1.91. The third-order valence-electron chi connectivity index (χ3n) is 2.66. The zero-order chi connectivity index (χ0) is 14.0. The van der Waals surface area contributed by atoms with Crippen molar-refractivity contribution in [3.63, 3.8) is 0 Å². The maximum Gasteiger partial charge on any atom is 0.254 e. The van der Waals surface area contributed by atoms with Gasteiger partial charge in [0.05, 0.1) is 0 Å². The molecule has 18 heavy (non-hydrogen) atoms. The molecule has 0 unspecified atom stereocenters. The second-order valence-corrected chi connectivity index (χ2v) is 4.76. The van der Waals surface area contributed by atoms with Gasteiger partial charge < -0.3 is 20.2 Å². The highest BCUT2D eigenvalue weighted by Crippen LogP contribution is 2.35. The lowest BCUT2D eigenvalue weighted by atomic mass is 10.1. The molecule has 1 aromatic rings. The van der Waals surface area contributed by atoms with Gasteiger partial charge in [0.15, 0.2) is 17.2 Å². The minimum absolute atomic E-state index is 0.00408. The van der Waals surface area contributed by atoms with E-state index in [-0.39, 0.29) is 23.6 Å². The van der Waals surface area contributed by atoms with Gasteiger partial charge >= 0.3 is 0 Å². The SMILES string of the molecule is CC(C)N(C(=O)c1cc(O)c(O)c(O)c1)C(C)C. The van der Waals surface area contributed by atoms with E-state index in [1.165, 1.54) is 0 Å². The highest BCUT2D eigenvalue weighted by atomic mass is 16.3. The van der Waals surface area contributed by atoms with Gasteiger partial charge in [-0.05, 0) is 39.8 Å². The monoisotopic (exact) mass is 253 g/mol. The van der Waals surface area contributed by atoms with Gasteiger partial charge in [0.25, 0.3) is 5.91 Å². The third kappa shape index (κ3) is 2.67. The number of benzene rings is 1. The highest BCUT2D eigenvalue weighted by Gasteiger charge is 2.23. The number of phenols is 3. The Bertz CT molecular complexity index is 423. The van der Waals surface area contributed by atoms with Crippen molar-refractivity contribution in [2.75, 3.05) is 0 Å². The maximum absolute atomic E-state index is 12.3. The van der Waals surface area contributed by atoms with Gasteiger partial charge in [0, 0.05) is 17.6 Å². The van der Waals surface area contributed by atoms with E-state index in [0.29, 0.717) is 0 Å². The normalized spacial score (nSPS) is 11.0. The summed E-state index contributed by atoms with van der Waals surface area (Å²) in [6.07, 6.45) is 0. The van der Waals surface area contributed by atoms with Gasteiger partial charge in [-0.2, -0.15) is 0 Å². The molecule has 0 heterocycles. The first-order valence-electron chi connectivity index (χ1n) is 5.83. The molecule has 0 fully saturated rings. The van der Waals surface area contributed by atoms with Crippen LogP contribution in [-0.4, -0.2) is 38.2 Å². The van der Waals surface area contributed by atoms with Crippen LogP contribution in [0.5, 0.6) is 17.2 Å². The molecule has 0 aliphatic rings. The van der Waals surface area contributed by atoms with E-state index < -0.39 is 17.2 Å². The van der Waals surface area contributed by atoms with Crippen molar-refractivity contribution in [1.29, 1.82) is 0 Å². The topological polar surface area (TPSA) is 81.0 Å². The number of nitrogens with zero attached hydrogens (tertiary/aromatic N) is 1. The summed E-state index contributed by atoms with van der Waals surface area (Å²) >= 11 is 0. The zero-order valence-electron chi connectivity index (χ0n) is 11.0. The number of phenolic OH excluding ortho intramolecular Hbond substituents is 3. The molecule has 0 saturated carbocycles. The Morgan fingerprint density at radius 2 is 1.39 bits per heavy atom. The Morgan fingerprint density at radius 1 is 1.00 bits per heavy atom. The standard InChI is InChI=1S/C13H19NO4/c1-7(2)14(8(3)4)13(18)9-5-10(15)12(17)11(16)6-9/h5-8,15-17H,1-4H3. The van der Waals surface area contributed by atoms with Crippen LogP contribution >= 0.6 is 0 Å². The summed E-state index contributed by atoms with van der Waals surface area (Å²) in [5.74, 6) is -1.94. The summed E-state index contributed by atoms with van der Waals surface area (Å²) < 4.78 is 0. The maximum atomic E-state index is 12.3. The first-order chi connectivity index (χ1) is 8.25. The summed E-state index contributed by atoms with van der Waals surface area (Å²) in [6.45, 7) is 7.55. The number of hydrogen-bond donors (Lipinski definition) is 3. The van der Waals surface area contributed by atoms with E-state index in [1.54, 1.807) is 4.90 Å². The Balaban J connectivity index is 3.18. The van der Waals surface area contributed by atoms with Crippen molar-refractivity contribution in [1.82, 2.24) is 4.90 Å². The zero-order valence-corrected chi connectivity index (χ0v) is 11.0. The second-order valence-electron chi connectivity index (χ2n) is 4.76. The predicted octanol–water partition coefficient (Wildman–Crippen LogP) is 2.06. The van der Waals surface area contributed by atoms with Crippen molar-refractivity contribution in [2.45, 2.75) is 39.8 Å². The van der Waals surface area contributed by atoms with Crippen molar-refractivity contribution < 1.29 is 20.1 Å². The number of carbonyl (C=O) groups is 1. The van der Waals surface area contributed by atoms with Crippen LogP contribution in [0.1, 0.15) is 38.1 Å². The molecule has 5 heteroatoms. The summed E-state index contributed by atoms with van der Waals surface area (Å²) in [4.78, 5) is 13.9. The highest BCUT2D eigenvalue weighted by molar-refractivity contribution is 5.95. The van der Waals surface area contributed by atoms with Crippen LogP contribution in [-0.2, 0) is 0 Å². The molecule has 0 aliphatic heterocycles. The van der Waals surface area contributed by atoms with Crippen molar-refractivity contribution in [3.8, 4) is 17.2 Å². The molecule has 0 spiro atoms. The quantitative estimate of drug-likeness (QED) is 0.720. The Morgan fingerprint density at radius 3 is 1.72 bits per heavy atom. The molecular formula is C13H19NO4. The summed E-state index contributed by atoms with van der Waals surface area (Å²) in [5.41, 5.74) is 0.144. The molecular weight excluding hydrogens is 234 g/mol. The predicted molar refractivity (Wildman–Crippen MR) is 67.9 cm³/mol. The van der Waals surface area contributed by atoms with E-state index >= 15 is 0 Å². The smallest absolute Gasteiger partial charge is 0.254 e. The van der Waals surface area contributed by atoms with Crippen molar-refractivity contribution in [3.05, 3.63) is 17.7 Å². The lowest BCUT2D eigenvalue weighted by Crippen LogP contribution is -2.42. The van der Waals surface area contributed by atoms with Gasteiger partial charge in [-0.3, -0.25) is 4.79 Å². The minimum atomic E-state index is -0.618. The van der Waals surface area contributed by atoms with Gasteiger partial charge in [0.1, 0.15) is 0 Å². The van der Waals surface area contributed by atoms with Gasteiger partial charge in [0.2, 0.25) is 0 Å². The van der Waals surface area contributed by atoms with E-state index in [2.05, 4.69) is 0 Å². The Labute approximate surface area is 106 Å². The van der Waals surface area contributed by atoms with Crippen LogP contribution in [0.15, 0.2) is 12.1 Å². The van der Waals surface area contributed by atoms with E-state index in [4.69, 9.17) is 0 Å². The van der Waals surface area contributed by atoms with Crippen LogP contribution in [0, 0.1) is 0 Å². The van der Waals surface area contributed by atoms with Crippen LogP contribution in [0.4, 0.5) is 0 Å². The fourth-order valence-electron chi connectivity index (χ4n) is 1.94. The van der Waals surface area contributed by atoms with Gasteiger partial charge in [-0.25, -0.2) is 0 Å². The molecule has 0 saturated heterocycles. The largest absolute Gasteiger partial charge is 0.504 e. The molecule has 1 aromatic carbocycles. The van der Waals surface area contributed by atoms with Crippen molar-refractivity contribution >= 4 is 5.91 Å². The van der Waals surface area contributed by atoms with Crippen LogP contribution in [0.2, 0.25) is 0 Å². The fraction of sp³-hybridized carbons (Fsp3) is 0.462. The second kappa shape index (κ2) is 5.16. The van der Waals surface area contributed by atoms with Crippen LogP contribution < -0.4 is 0 Å². The fourth-order valence-corrected chi connectivity index (χ4v) is 1.94. The number of aromatic hydroxyl groups is 3. The van der Waals surface area contributed by atoms with Crippen LogP contribution in [0.25, 0.3) is 0 Å². The molecule has 0 aromatic heterocycles. The molecule has 1 rings (SSSR count). The number of hydrogen-bond acceptors (Lipinski definition) is 4. The summed E-state index contributed by atoms with van der Waals surface area (Å²) in [5, 5.41) is 28.1. The number of amides is 1. The van der Waals surface area contributed by atoms with E-state index in [1.807, 2.05) is 27.7 Å². The first kappa shape index (κ1) is 14.2. The first-order valence-corrected chi connectivity index (χ1v) is 5.83. The molecule has 1 amide bonds. The average Bonchev–Trinajstić information content (AvgIpc) is 2.23. The molecule has 0 bridgehead atoms. The Kier molecular flexibility index (Phi) is 4.06. The van der Waals surface area contributed by atoms with Gasteiger partial charge in [-0.15, -0.1) is 0 Å². The third-order valence-corrected chi connectivity index (χ3v) is 2.66. The minimum Gasteiger partial charge on any atom is -0.504 e. The molecule has 0 aliphatic carbocycles. The molecule has 3 N–H and O–H groups in total. The molecule has 100 valence electrons. The van der Waals surface area contributed by atoms with Crippen molar-refractivity contribution in [2.24, 2.45) is 0 Å². The summed E-state index contributed by atoms with van der Waals surface area (Å²) in [6, 6.07) is 2.29. The van der Waals surface area contributed by atoms with Gasteiger partial charge in [-0.1, -0.05) is 0 Å². The lowest BCUT2D eigenvalue weighted by Gasteiger charge is -2.31. The molecule has 0 atom stereocenters. The van der Waals surface area contributed by atoms with E-state index in [9.17, 15) is 20.1 Å². The average molecular weight is 253 g/mol. The van der Waals surface area contributed by atoms with E-state index in [0.717, 1.165) is 12.1 Å². The summed E-state index contributed by atoms with van der Waals surface area (Å²) in [7, 11) is 0.